The molecule has 0 atom stereocenters. The van der Waals surface area contributed by atoms with Crippen molar-refractivity contribution in [2.45, 2.75) is 79.2 Å². The molecule has 202 valence electrons. The average molecular weight is 536 g/mol. The Kier molecular flexibility index (Phi) is 9.69. The van der Waals surface area contributed by atoms with Gasteiger partial charge < -0.3 is 10.2 Å². The van der Waals surface area contributed by atoms with Crippen LogP contribution in [0.1, 0.15) is 68.5 Å². The smallest absolute Gasteiger partial charge is 0.290 e. The predicted molar refractivity (Wildman–Crippen MR) is 155 cm³/mol. The van der Waals surface area contributed by atoms with E-state index in [1.165, 1.54) is 36.0 Å². The molecule has 0 saturated carbocycles. The Hall–Kier alpha value is -3.22. The van der Waals surface area contributed by atoms with E-state index in [1.54, 1.807) is 20.8 Å². The first-order valence-corrected chi connectivity index (χ1v) is 13.4. The first-order valence-electron chi connectivity index (χ1n) is 13.0. The number of benzene rings is 2. The summed E-state index contributed by atoms with van der Waals surface area (Å²) in [5.41, 5.74) is 10.9. The Morgan fingerprint density at radius 2 is 1.66 bits per heavy atom. The lowest BCUT2D eigenvalue weighted by Crippen LogP contribution is -2.10. The number of rotatable bonds is 3. The highest BCUT2D eigenvalue weighted by Gasteiger charge is 2.19. The summed E-state index contributed by atoms with van der Waals surface area (Å²) in [4.78, 5) is 13.2. The molecule has 2 aromatic carbocycles. The van der Waals surface area contributed by atoms with Crippen molar-refractivity contribution >= 4 is 23.7 Å². The van der Waals surface area contributed by atoms with Gasteiger partial charge in [-0.1, -0.05) is 42.8 Å². The molecule has 0 unspecified atom stereocenters. The van der Waals surface area contributed by atoms with Gasteiger partial charge >= 0.3 is 0 Å². The third-order valence-electron chi connectivity index (χ3n) is 6.28. The molecule has 0 aliphatic heterocycles. The van der Waals surface area contributed by atoms with Gasteiger partial charge in [0, 0.05) is 22.9 Å². The van der Waals surface area contributed by atoms with Gasteiger partial charge in [-0.2, -0.15) is 5.10 Å². The van der Waals surface area contributed by atoms with Crippen molar-refractivity contribution in [3.63, 3.8) is 0 Å². The summed E-state index contributed by atoms with van der Waals surface area (Å²) < 4.78 is 1.98. The molecule has 0 amide bonds. The van der Waals surface area contributed by atoms with Crippen molar-refractivity contribution in [3.05, 3.63) is 75.4 Å². The number of nitrogens with zero attached hydrogens (tertiary/aromatic N) is 3. The topological polar surface area (TPSA) is 87.7 Å². The number of aliphatic hydroxyl groups is 1. The Labute approximate surface area is 230 Å². The standard InChI is InChI=1S/C26H26ClN3.C4H10O.CH2O2/c1-4-21-17(3)28-25-15-24(20-11-10-18-7-5-6-8-19(18)14-20)29-30(25)26(21)22-12-9-16(2)13-23(22)27;1-4(2,3)5;2-1-3/h9-15H,4-8H2,1-3H3;5H,1-3H3;1H,(H,2,3). The van der Waals surface area contributed by atoms with Gasteiger partial charge in [-0.05, 0) is 101 Å². The average Bonchev–Trinajstić information content (AvgIpc) is 3.26. The van der Waals surface area contributed by atoms with E-state index in [0.29, 0.717) is 0 Å². The molecule has 0 spiro atoms. The molecule has 2 N–H and O–H groups in total. The fourth-order valence-corrected chi connectivity index (χ4v) is 5.02. The van der Waals surface area contributed by atoms with Crippen LogP contribution in [-0.2, 0) is 24.1 Å². The zero-order chi connectivity index (χ0) is 28.0. The van der Waals surface area contributed by atoms with Crippen molar-refractivity contribution in [2.75, 3.05) is 0 Å². The Balaban J connectivity index is 0.000000443. The van der Waals surface area contributed by atoms with Crippen LogP contribution in [0.5, 0.6) is 0 Å². The predicted octanol–water partition coefficient (Wildman–Crippen LogP) is 7.25. The molecule has 2 aromatic heterocycles. The summed E-state index contributed by atoms with van der Waals surface area (Å²) >= 11 is 6.69. The van der Waals surface area contributed by atoms with Gasteiger partial charge in [0.2, 0.25) is 0 Å². The van der Waals surface area contributed by atoms with Crippen molar-refractivity contribution in [3.8, 4) is 22.5 Å². The van der Waals surface area contributed by atoms with E-state index in [-0.39, 0.29) is 6.47 Å². The number of aromatic nitrogens is 3. The minimum atomic E-state index is -0.500. The lowest BCUT2D eigenvalue weighted by atomic mass is 9.90. The summed E-state index contributed by atoms with van der Waals surface area (Å²) in [6.07, 6.45) is 5.81. The summed E-state index contributed by atoms with van der Waals surface area (Å²) in [7, 11) is 0. The third kappa shape index (κ3) is 7.21. The second kappa shape index (κ2) is 12.5. The zero-order valence-corrected chi connectivity index (χ0v) is 23.9. The third-order valence-corrected chi connectivity index (χ3v) is 6.60. The second-order valence-corrected chi connectivity index (χ2v) is 11.0. The number of hydrogen-bond acceptors (Lipinski definition) is 4. The maximum atomic E-state index is 8.52. The molecule has 5 rings (SSSR count). The first kappa shape index (κ1) is 29.3. The van der Waals surface area contributed by atoms with Crippen LogP contribution in [0.25, 0.3) is 28.2 Å². The number of carbonyl (C=O) groups is 1. The van der Waals surface area contributed by atoms with Gasteiger partial charge in [-0.3, -0.25) is 4.79 Å². The largest absolute Gasteiger partial charge is 0.483 e. The lowest BCUT2D eigenvalue weighted by Gasteiger charge is -2.16. The van der Waals surface area contributed by atoms with E-state index in [4.69, 9.17) is 36.7 Å². The molecule has 2 heterocycles. The molecule has 0 radical (unpaired) electrons. The SMILES string of the molecule is CC(C)(C)O.CCc1c(C)nc2cc(-c3ccc4c(c3)CCCC4)nn2c1-c1ccc(C)cc1Cl.O=CO. The summed E-state index contributed by atoms with van der Waals surface area (Å²) in [6, 6.07) is 15.1. The van der Waals surface area contributed by atoms with Gasteiger partial charge in [-0.15, -0.1) is 0 Å². The van der Waals surface area contributed by atoms with Crippen LogP contribution in [0.2, 0.25) is 5.02 Å². The first-order chi connectivity index (χ1) is 18.0. The van der Waals surface area contributed by atoms with Crippen molar-refractivity contribution in [2.24, 2.45) is 0 Å². The molecular formula is C31H38ClN3O3. The summed E-state index contributed by atoms with van der Waals surface area (Å²) in [5, 5.41) is 21.2. The second-order valence-electron chi connectivity index (χ2n) is 10.6. The minimum absolute atomic E-state index is 0.250. The molecule has 0 bridgehead atoms. The van der Waals surface area contributed by atoms with Crippen LogP contribution in [0.15, 0.2) is 42.5 Å². The minimum Gasteiger partial charge on any atom is -0.483 e. The molecule has 0 saturated heterocycles. The van der Waals surface area contributed by atoms with E-state index >= 15 is 0 Å². The number of hydrogen-bond donors (Lipinski definition) is 2. The fourth-order valence-electron chi connectivity index (χ4n) is 4.70. The van der Waals surface area contributed by atoms with E-state index in [9.17, 15) is 0 Å². The van der Waals surface area contributed by atoms with Crippen molar-refractivity contribution < 1.29 is 15.0 Å². The molecule has 0 fully saturated rings. The Morgan fingerprint density at radius 3 is 2.26 bits per heavy atom. The fraction of sp³-hybridized carbons (Fsp3) is 0.387. The van der Waals surface area contributed by atoms with E-state index in [0.717, 1.165) is 57.3 Å². The van der Waals surface area contributed by atoms with Crippen LogP contribution in [0.4, 0.5) is 0 Å². The highest BCUT2D eigenvalue weighted by Crippen LogP contribution is 2.34. The molecule has 6 nitrogen and oxygen atoms in total. The molecular weight excluding hydrogens is 498 g/mol. The van der Waals surface area contributed by atoms with Crippen molar-refractivity contribution in [1.29, 1.82) is 0 Å². The number of fused-ring (bicyclic) bond motifs is 2. The van der Waals surface area contributed by atoms with Crippen LogP contribution < -0.4 is 0 Å². The molecule has 1 aliphatic carbocycles. The summed E-state index contributed by atoms with van der Waals surface area (Å²) in [5.74, 6) is 0. The Bertz CT molecular complexity index is 1410. The van der Waals surface area contributed by atoms with Crippen LogP contribution >= 0.6 is 11.6 Å². The zero-order valence-electron chi connectivity index (χ0n) is 23.2. The number of halogens is 1. The van der Waals surface area contributed by atoms with Gasteiger partial charge in [0.1, 0.15) is 0 Å². The molecule has 4 aromatic rings. The van der Waals surface area contributed by atoms with Gasteiger partial charge in [0.15, 0.2) is 5.65 Å². The maximum absolute atomic E-state index is 8.52. The lowest BCUT2D eigenvalue weighted by molar-refractivity contribution is -0.122. The summed E-state index contributed by atoms with van der Waals surface area (Å²) in [6.45, 7) is 11.3. The molecule has 7 heteroatoms. The number of aryl methyl sites for hydroxylation is 4. The molecule has 38 heavy (non-hydrogen) atoms. The van der Waals surface area contributed by atoms with Crippen LogP contribution in [-0.4, -0.2) is 36.9 Å². The molecule has 1 aliphatic rings. The highest BCUT2D eigenvalue weighted by atomic mass is 35.5. The highest BCUT2D eigenvalue weighted by molar-refractivity contribution is 6.33. The maximum Gasteiger partial charge on any atom is 0.290 e. The number of carboxylic acid groups (broad SMARTS) is 1. The van der Waals surface area contributed by atoms with Crippen molar-refractivity contribution in [1.82, 2.24) is 14.6 Å². The van der Waals surface area contributed by atoms with E-state index < -0.39 is 5.60 Å². The van der Waals surface area contributed by atoms with E-state index in [1.807, 2.05) is 10.6 Å². The van der Waals surface area contributed by atoms with Gasteiger partial charge in [0.25, 0.3) is 6.47 Å². The Morgan fingerprint density at radius 1 is 1.03 bits per heavy atom. The van der Waals surface area contributed by atoms with Crippen LogP contribution in [0, 0.1) is 13.8 Å². The normalized spacial score (nSPS) is 12.6. The quantitative estimate of drug-likeness (QED) is 0.270. The van der Waals surface area contributed by atoms with E-state index in [2.05, 4.69) is 57.2 Å². The van der Waals surface area contributed by atoms with Crippen LogP contribution in [0.3, 0.4) is 0 Å². The van der Waals surface area contributed by atoms with Gasteiger partial charge in [-0.25, -0.2) is 9.50 Å². The monoisotopic (exact) mass is 535 g/mol. The van der Waals surface area contributed by atoms with Gasteiger partial charge in [0.05, 0.1) is 22.0 Å².